The van der Waals surface area contributed by atoms with Crippen molar-refractivity contribution in [2.45, 2.75) is 25.9 Å². The quantitative estimate of drug-likeness (QED) is 0.595. The van der Waals surface area contributed by atoms with Gasteiger partial charge in [-0.15, -0.1) is 18.4 Å². The van der Waals surface area contributed by atoms with Crippen molar-refractivity contribution in [1.82, 2.24) is 0 Å². The number of hydrogen-bond acceptors (Lipinski definition) is 0. The molecular formula is C12H11F3Zr. The maximum absolute atomic E-state index is 11.6. The molecular weight excluding hydrogens is 292 g/mol. The van der Waals surface area contributed by atoms with E-state index in [0.29, 0.717) is 0 Å². The molecule has 0 saturated heterocycles. The van der Waals surface area contributed by atoms with E-state index in [-0.39, 0.29) is 32.6 Å². The Labute approximate surface area is 113 Å². The fourth-order valence-corrected chi connectivity index (χ4v) is 1.11. The second-order valence-electron chi connectivity index (χ2n) is 3.16. The van der Waals surface area contributed by atoms with Crippen LogP contribution in [-0.2, 0) is 26.2 Å². The molecule has 0 amide bonds. The van der Waals surface area contributed by atoms with Crippen LogP contribution in [0.4, 0.5) is 13.2 Å². The van der Waals surface area contributed by atoms with Gasteiger partial charge in [0.15, 0.2) is 0 Å². The molecule has 0 bridgehead atoms. The van der Waals surface area contributed by atoms with Crippen LogP contribution in [0.25, 0.3) is 0 Å². The monoisotopic (exact) mass is 302 g/mol. The Morgan fingerprint density at radius 3 is 1.81 bits per heavy atom. The molecule has 0 aromatic rings. The fourth-order valence-electron chi connectivity index (χ4n) is 1.11. The van der Waals surface area contributed by atoms with Gasteiger partial charge in [-0.2, -0.15) is 25.3 Å². The van der Waals surface area contributed by atoms with Gasteiger partial charge < -0.3 is 0 Å². The van der Waals surface area contributed by atoms with E-state index < -0.39 is 11.7 Å². The summed E-state index contributed by atoms with van der Waals surface area (Å²) in [6.45, 7) is 2.06. The number of allylic oxidation sites excluding steroid dienone is 8. The Morgan fingerprint density at radius 1 is 1.06 bits per heavy atom. The van der Waals surface area contributed by atoms with Crippen molar-refractivity contribution in [3.63, 3.8) is 0 Å². The molecule has 0 N–H and O–H groups in total. The molecule has 0 saturated carbocycles. The molecule has 0 radical (unpaired) electrons. The molecule has 0 aromatic carbocycles. The van der Waals surface area contributed by atoms with Crippen molar-refractivity contribution >= 4 is 0 Å². The van der Waals surface area contributed by atoms with Gasteiger partial charge in [0.1, 0.15) is 0 Å². The minimum absolute atomic E-state index is 0. The Kier molecular flexibility index (Phi) is 6.89. The van der Waals surface area contributed by atoms with E-state index in [9.17, 15) is 13.2 Å². The predicted molar refractivity (Wildman–Crippen MR) is 52.8 cm³/mol. The van der Waals surface area contributed by atoms with Crippen LogP contribution in [0.5, 0.6) is 0 Å². The molecule has 0 spiro atoms. The second kappa shape index (κ2) is 7.06. The van der Waals surface area contributed by atoms with Crippen molar-refractivity contribution in [3.8, 4) is 0 Å². The Hall–Kier alpha value is -0.367. The molecule has 84 valence electrons. The summed E-state index contributed by atoms with van der Waals surface area (Å²) >= 11 is 0. The van der Waals surface area contributed by atoms with Crippen LogP contribution < -0.4 is 0 Å². The second-order valence-corrected chi connectivity index (χ2v) is 3.16. The summed E-state index contributed by atoms with van der Waals surface area (Å²) in [6.07, 6.45) is 9.07. The van der Waals surface area contributed by atoms with Gasteiger partial charge in [0.2, 0.25) is 0 Å². The molecule has 0 nitrogen and oxygen atoms in total. The summed E-state index contributed by atoms with van der Waals surface area (Å²) in [5.41, 5.74) is 0.623. The van der Waals surface area contributed by atoms with E-state index in [2.05, 4.69) is 31.2 Å². The Balaban J connectivity index is 0.000000283. The van der Waals surface area contributed by atoms with Gasteiger partial charge in [0.25, 0.3) is 0 Å². The van der Waals surface area contributed by atoms with Crippen LogP contribution in [0.3, 0.4) is 0 Å². The molecule has 0 aliphatic heterocycles. The third kappa shape index (κ3) is 5.64. The first kappa shape index (κ1) is 15.6. The molecule has 0 atom stereocenters. The van der Waals surface area contributed by atoms with Crippen LogP contribution in [0.15, 0.2) is 35.5 Å². The van der Waals surface area contributed by atoms with Gasteiger partial charge in [-0.25, -0.2) is 17.7 Å². The summed E-state index contributed by atoms with van der Waals surface area (Å²) in [5.74, 6) is 0. The zero-order valence-corrected chi connectivity index (χ0v) is 11.3. The zero-order valence-electron chi connectivity index (χ0n) is 8.86. The van der Waals surface area contributed by atoms with Crippen molar-refractivity contribution < 1.29 is 39.4 Å². The SMILES string of the molecule is CC1=[C-]CC=C1.FC(F)(F)C1=[C-]CC=C1.[Zr+2]. The van der Waals surface area contributed by atoms with Gasteiger partial charge in [0, 0.05) is 0 Å². The minimum Gasteiger partial charge on any atom is -0.270 e. The van der Waals surface area contributed by atoms with Crippen molar-refractivity contribution in [2.75, 3.05) is 0 Å². The molecule has 0 unspecified atom stereocenters. The number of alkyl halides is 3. The van der Waals surface area contributed by atoms with Gasteiger partial charge in [-0.3, -0.25) is 12.2 Å². The third-order valence-electron chi connectivity index (χ3n) is 1.87. The summed E-state index contributed by atoms with van der Waals surface area (Å²) < 4.78 is 34.8. The number of halogens is 3. The van der Waals surface area contributed by atoms with Crippen LogP contribution in [0, 0.1) is 12.2 Å². The fraction of sp³-hybridized carbons (Fsp3) is 0.333. The van der Waals surface area contributed by atoms with E-state index in [1.54, 1.807) is 0 Å². The Bertz CT molecular complexity index is 330. The van der Waals surface area contributed by atoms with E-state index in [1.807, 2.05) is 0 Å². The maximum Gasteiger partial charge on any atom is 2.00 e. The molecule has 2 aliphatic rings. The number of rotatable bonds is 0. The normalized spacial score (nSPS) is 17.2. The van der Waals surface area contributed by atoms with Crippen molar-refractivity contribution in [3.05, 3.63) is 47.6 Å². The van der Waals surface area contributed by atoms with Gasteiger partial charge in [0.05, 0.1) is 0 Å². The van der Waals surface area contributed by atoms with Gasteiger partial charge >= 0.3 is 32.4 Å². The van der Waals surface area contributed by atoms with Crippen LogP contribution in [0.1, 0.15) is 19.8 Å². The maximum atomic E-state index is 11.6. The molecule has 0 aromatic heterocycles. The van der Waals surface area contributed by atoms with E-state index in [0.717, 1.165) is 12.5 Å². The first-order valence-electron chi connectivity index (χ1n) is 4.58. The average molecular weight is 303 g/mol. The summed E-state index contributed by atoms with van der Waals surface area (Å²) in [7, 11) is 0. The van der Waals surface area contributed by atoms with E-state index in [4.69, 9.17) is 0 Å². The zero-order chi connectivity index (χ0) is 11.3. The summed E-state index contributed by atoms with van der Waals surface area (Å²) in [4.78, 5) is 0. The van der Waals surface area contributed by atoms with Crippen molar-refractivity contribution in [1.29, 1.82) is 0 Å². The molecule has 0 heterocycles. The van der Waals surface area contributed by atoms with E-state index in [1.165, 1.54) is 11.6 Å². The summed E-state index contributed by atoms with van der Waals surface area (Å²) in [6, 6.07) is 0. The smallest absolute Gasteiger partial charge is 0.270 e. The topological polar surface area (TPSA) is 0 Å². The largest absolute Gasteiger partial charge is 2.00 e. The molecule has 2 rings (SSSR count). The third-order valence-corrected chi connectivity index (χ3v) is 1.87. The molecule has 2 aliphatic carbocycles. The van der Waals surface area contributed by atoms with Crippen LogP contribution in [-0.4, -0.2) is 6.18 Å². The van der Waals surface area contributed by atoms with Crippen LogP contribution in [0.2, 0.25) is 0 Å². The first-order chi connectivity index (χ1) is 7.00. The van der Waals surface area contributed by atoms with Gasteiger partial charge in [-0.05, 0) is 0 Å². The van der Waals surface area contributed by atoms with Crippen LogP contribution >= 0.6 is 0 Å². The molecule has 0 fully saturated rings. The van der Waals surface area contributed by atoms with Crippen molar-refractivity contribution in [2.24, 2.45) is 0 Å². The molecule has 4 heteroatoms. The minimum atomic E-state index is -4.20. The first-order valence-corrected chi connectivity index (χ1v) is 4.58. The summed E-state index contributed by atoms with van der Waals surface area (Å²) in [5, 5.41) is 0. The van der Waals surface area contributed by atoms with Gasteiger partial charge in [-0.1, -0.05) is 6.92 Å². The predicted octanol–water partition coefficient (Wildman–Crippen LogP) is 3.93. The van der Waals surface area contributed by atoms with E-state index >= 15 is 0 Å². The Morgan fingerprint density at radius 2 is 1.62 bits per heavy atom. The molecule has 16 heavy (non-hydrogen) atoms. The standard InChI is InChI=1S/C6H4F3.C6H7.Zr/c7-6(8,9)5-3-1-2-4-5;1-6-4-2-3-5-6;/h1,3H,2H2;2,4H,3H2,1H3;/q2*-1;+2. The average Bonchev–Trinajstić information content (AvgIpc) is 2.73. The number of hydrogen-bond donors (Lipinski definition) is 0.